The molecule has 0 unspecified atom stereocenters. The Morgan fingerprint density at radius 2 is 0.686 bits per heavy atom. The average Bonchev–Trinajstić information content (AvgIpc) is 1.58. The molecule has 9 nitrogen and oxygen atoms in total. The third-order valence-corrected chi connectivity index (χ3v) is 21.7. The van der Waals surface area contributed by atoms with E-state index in [0.29, 0.717) is 11.9 Å². The van der Waals surface area contributed by atoms with E-state index in [1.165, 1.54) is 65.5 Å². The third kappa shape index (κ3) is 8.09. The minimum Gasteiger partial charge on any atom is -0.455 e. The summed E-state index contributed by atoms with van der Waals surface area (Å²) in [6.45, 7) is 4.66. The molecule has 0 atom stereocenters. The Labute approximate surface area is 582 Å². The van der Waals surface area contributed by atoms with Gasteiger partial charge in [0.05, 0.1) is 55.5 Å². The van der Waals surface area contributed by atoms with Crippen LogP contribution in [0.3, 0.4) is 0 Å². The van der Waals surface area contributed by atoms with Gasteiger partial charge < -0.3 is 13.4 Å². The maximum atomic E-state index is 6.72. The molecule has 7 aromatic heterocycles. The van der Waals surface area contributed by atoms with Crippen LogP contribution in [0.25, 0.3) is 204 Å². The summed E-state index contributed by atoms with van der Waals surface area (Å²) in [5.74, 6) is 1.27. The zero-order chi connectivity index (χ0) is 67.1. The van der Waals surface area contributed by atoms with E-state index in [-0.39, 0.29) is 5.41 Å². The van der Waals surface area contributed by atoms with Crippen molar-refractivity contribution < 1.29 is 8.83 Å². The quantitative estimate of drug-likeness (QED) is 0.170. The van der Waals surface area contributed by atoms with Gasteiger partial charge in [0.25, 0.3) is 0 Å². The summed E-state index contributed by atoms with van der Waals surface area (Å²) >= 11 is 0. The number of benzene rings is 15. The number of rotatable bonds is 5. The molecule has 0 saturated carbocycles. The molecule has 9 heteroatoms. The number of furan rings is 2. The Kier molecular flexibility index (Phi) is 11.8. The molecule has 102 heavy (non-hydrogen) atoms. The van der Waals surface area contributed by atoms with Crippen molar-refractivity contribution in [2.45, 2.75) is 19.3 Å². The van der Waals surface area contributed by atoms with Crippen molar-refractivity contribution in [3.8, 4) is 51.2 Å². The Balaban J connectivity index is 0.000000129. The standard InChI is InChI=1S/C48H28N4O.C45H29N3O/c1-2-15-31(16-3-1)51-39-23-10-7-18-34(39)44-41(51)25-26-42-45(44)35-19-8-11-24-40(35)52(42)48-49-38-22-9-6-17-33(38)46(50-48)36-21-12-20-32-37-27-29-13-4-5-14-30(29)28-43(37)53-47(32)36;1-45(2)36-19-8-5-14-28(36)33-24-34-29-15-7-10-21-39(29)48(40(34)25-37(33)45)44-46-38-20-9-6-16-31(38)42(47-44)32-18-11-17-30-35-22-26-12-3-4-13-27(26)23-41(35)49-43(30)32/h1-28H;3-25H,1-2H3. The molecule has 1 aliphatic carbocycles. The van der Waals surface area contributed by atoms with E-state index in [0.717, 1.165) is 138 Å². The van der Waals surface area contributed by atoms with Crippen LogP contribution < -0.4 is 0 Å². The topological polar surface area (TPSA) is 92.6 Å². The van der Waals surface area contributed by atoms with Crippen LogP contribution in [0, 0.1) is 0 Å². The van der Waals surface area contributed by atoms with Crippen LogP contribution in [-0.2, 0) is 5.41 Å². The minimum absolute atomic E-state index is 0.126. The Hall–Kier alpha value is -13.5. The summed E-state index contributed by atoms with van der Waals surface area (Å²) in [4.78, 5) is 21.5. The van der Waals surface area contributed by atoms with Crippen LogP contribution in [0.15, 0.2) is 318 Å². The van der Waals surface area contributed by atoms with E-state index in [4.69, 9.17) is 28.8 Å². The summed E-state index contributed by atoms with van der Waals surface area (Å²) in [6.07, 6.45) is 0. The predicted octanol–water partition coefficient (Wildman–Crippen LogP) is 24.3. The molecule has 0 fully saturated rings. The van der Waals surface area contributed by atoms with Gasteiger partial charge in [0.15, 0.2) is 0 Å². The van der Waals surface area contributed by atoms with Crippen molar-refractivity contribution in [1.82, 2.24) is 33.6 Å². The Morgan fingerprint density at radius 1 is 0.265 bits per heavy atom. The number of hydrogen-bond donors (Lipinski definition) is 0. The molecule has 22 aromatic rings. The van der Waals surface area contributed by atoms with Crippen molar-refractivity contribution in [2.75, 3.05) is 0 Å². The lowest BCUT2D eigenvalue weighted by Crippen LogP contribution is -2.15. The molecular formula is C93H57N7O2. The Morgan fingerprint density at radius 3 is 1.25 bits per heavy atom. The largest absolute Gasteiger partial charge is 0.455 e. The Bertz CT molecular complexity index is 7370. The van der Waals surface area contributed by atoms with Crippen LogP contribution in [0.1, 0.15) is 25.0 Å². The lowest BCUT2D eigenvalue weighted by molar-refractivity contribution is 0.661. The molecule has 0 bridgehead atoms. The molecule has 23 rings (SSSR count). The molecule has 0 saturated heterocycles. The van der Waals surface area contributed by atoms with E-state index in [1.54, 1.807) is 0 Å². The number of aromatic nitrogens is 7. The molecule has 0 spiro atoms. The summed E-state index contributed by atoms with van der Waals surface area (Å²) in [5, 5.41) is 18.2. The highest BCUT2D eigenvalue weighted by Gasteiger charge is 2.37. The molecule has 0 radical (unpaired) electrons. The van der Waals surface area contributed by atoms with Gasteiger partial charge in [0, 0.05) is 86.9 Å². The van der Waals surface area contributed by atoms with Crippen molar-refractivity contribution in [1.29, 1.82) is 0 Å². The van der Waals surface area contributed by atoms with E-state index in [2.05, 4.69) is 331 Å². The third-order valence-electron chi connectivity index (χ3n) is 21.7. The van der Waals surface area contributed by atoms with Gasteiger partial charge in [-0.1, -0.05) is 220 Å². The highest BCUT2D eigenvalue weighted by molar-refractivity contribution is 6.29. The molecular weight excluding hydrogens is 1250 g/mol. The van der Waals surface area contributed by atoms with Crippen LogP contribution >= 0.6 is 0 Å². The van der Waals surface area contributed by atoms with E-state index >= 15 is 0 Å². The van der Waals surface area contributed by atoms with Gasteiger partial charge in [0.2, 0.25) is 11.9 Å². The van der Waals surface area contributed by atoms with E-state index < -0.39 is 0 Å². The predicted molar refractivity (Wildman–Crippen MR) is 420 cm³/mol. The van der Waals surface area contributed by atoms with E-state index in [9.17, 15) is 0 Å². The molecule has 0 aliphatic heterocycles. The van der Waals surface area contributed by atoms with Gasteiger partial charge in [-0.15, -0.1) is 0 Å². The van der Waals surface area contributed by atoms with Crippen LogP contribution in [-0.4, -0.2) is 33.6 Å². The van der Waals surface area contributed by atoms with Gasteiger partial charge in [-0.3, -0.25) is 9.13 Å². The van der Waals surface area contributed by atoms with Gasteiger partial charge in [-0.05, 0) is 147 Å². The summed E-state index contributed by atoms with van der Waals surface area (Å²) in [7, 11) is 0. The highest BCUT2D eigenvalue weighted by Crippen LogP contribution is 2.52. The highest BCUT2D eigenvalue weighted by atomic mass is 16.3. The van der Waals surface area contributed by atoms with Crippen molar-refractivity contribution in [2.24, 2.45) is 0 Å². The van der Waals surface area contributed by atoms with Crippen LogP contribution in [0.5, 0.6) is 0 Å². The number of fused-ring (bicyclic) bond motifs is 23. The van der Waals surface area contributed by atoms with Crippen molar-refractivity contribution in [3.05, 3.63) is 321 Å². The molecule has 7 heterocycles. The van der Waals surface area contributed by atoms with Gasteiger partial charge >= 0.3 is 0 Å². The van der Waals surface area contributed by atoms with Gasteiger partial charge in [-0.25, -0.2) is 19.9 Å². The first-order valence-corrected chi connectivity index (χ1v) is 34.8. The lowest BCUT2D eigenvalue weighted by Gasteiger charge is -2.21. The fraction of sp³-hybridized carbons (Fsp3) is 0.0323. The maximum Gasteiger partial charge on any atom is 0.235 e. The molecule has 15 aromatic carbocycles. The van der Waals surface area contributed by atoms with E-state index in [1.807, 2.05) is 6.07 Å². The van der Waals surface area contributed by atoms with Gasteiger partial charge in [0.1, 0.15) is 22.3 Å². The number of nitrogens with zero attached hydrogens (tertiary/aromatic N) is 7. The average molecular weight is 1300 g/mol. The lowest BCUT2D eigenvalue weighted by atomic mass is 9.82. The minimum atomic E-state index is -0.126. The molecule has 0 N–H and O–H groups in total. The summed E-state index contributed by atoms with van der Waals surface area (Å²) < 4.78 is 20.3. The zero-order valence-electron chi connectivity index (χ0n) is 55.4. The second-order valence-electron chi connectivity index (χ2n) is 27.6. The SMILES string of the molecule is CC1(C)c2ccccc2-c2cc3c4ccccc4n(-c4nc(-c5cccc6c5oc5cc7ccccc7cc56)c5ccccc5n4)c3cc21.c1ccc(-n2c3ccccc3c3c4c5ccccc5n(-c5nc(-c6cccc7c6oc6cc8ccccc8cc67)c6ccccc6n5)c4ccc32)cc1. The first-order valence-electron chi connectivity index (χ1n) is 34.8. The number of para-hydroxylation sites is 8. The first-order chi connectivity index (χ1) is 50.3. The fourth-order valence-electron chi connectivity index (χ4n) is 17.0. The smallest absolute Gasteiger partial charge is 0.235 e. The van der Waals surface area contributed by atoms with Crippen molar-refractivity contribution in [3.63, 3.8) is 0 Å². The summed E-state index contributed by atoms with van der Waals surface area (Å²) in [5.41, 5.74) is 21.7. The van der Waals surface area contributed by atoms with Gasteiger partial charge in [-0.2, -0.15) is 0 Å². The van der Waals surface area contributed by atoms with Crippen molar-refractivity contribution >= 4 is 153 Å². The second kappa shape index (κ2) is 21.3. The second-order valence-corrected chi connectivity index (χ2v) is 27.6. The molecule has 1 aliphatic rings. The van der Waals surface area contributed by atoms with Crippen LogP contribution in [0.4, 0.5) is 0 Å². The monoisotopic (exact) mass is 1300 g/mol. The molecule has 0 amide bonds. The fourth-order valence-corrected chi connectivity index (χ4v) is 17.0. The zero-order valence-corrected chi connectivity index (χ0v) is 55.4. The number of hydrogen-bond acceptors (Lipinski definition) is 6. The first kappa shape index (κ1) is 56.5. The summed E-state index contributed by atoms with van der Waals surface area (Å²) in [6, 6.07) is 110. The molecule has 476 valence electrons. The normalized spacial score (nSPS) is 12.9. The van der Waals surface area contributed by atoms with Crippen LogP contribution in [0.2, 0.25) is 0 Å². The maximum absolute atomic E-state index is 6.72.